The average molecular weight is 215 g/mol. The van der Waals surface area contributed by atoms with Gasteiger partial charge < -0.3 is 14.7 Å². The Morgan fingerprint density at radius 2 is 2.27 bits per heavy atom. The topological polar surface area (TPSA) is 49.8 Å². The minimum Gasteiger partial charge on any atom is -0.396 e. The van der Waals surface area contributed by atoms with Crippen LogP contribution in [-0.2, 0) is 9.53 Å². The highest BCUT2D eigenvalue weighted by Gasteiger charge is 2.29. The summed E-state index contributed by atoms with van der Waals surface area (Å²) in [7, 11) is 1.84. The Labute approximate surface area is 91.2 Å². The Morgan fingerprint density at radius 3 is 2.80 bits per heavy atom. The number of rotatable bonds is 5. The molecular weight excluding hydrogens is 194 g/mol. The van der Waals surface area contributed by atoms with Crippen LogP contribution in [-0.4, -0.2) is 48.3 Å². The molecule has 0 saturated carbocycles. The molecule has 1 rings (SSSR count). The number of ether oxygens (including phenoxy) is 1. The predicted octanol–water partition coefficient (Wildman–Crippen LogP) is 0.785. The van der Waals surface area contributed by atoms with Crippen molar-refractivity contribution in [2.75, 3.05) is 20.3 Å². The monoisotopic (exact) mass is 215 g/mol. The van der Waals surface area contributed by atoms with Crippen LogP contribution < -0.4 is 0 Å². The molecule has 0 spiro atoms. The van der Waals surface area contributed by atoms with Crippen molar-refractivity contribution in [3.8, 4) is 0 Å². The largest absolute Gasteiger partial charge is 0.396 e. The van der Waals surface area contributed by atoms with Crippen molar-refractivity contribution < 1.29 is 14.6 Å². The second-order valence-corrected chi connectivity index (χ2v) is 4.12. The van der Waals surface area contributed by atoms with Gasteiger partial charge in [-0.2, -0.15) is 0 Å². The van der Waals surface area contributed by atoms with Gasteiger partial charge in [-0.1, -0.05) is 0 Å². The second kappa shape index (κ2) is 6.08. The SMILES string of the molecule is CC1OCCC1N(C)C(=O)CCCCO. The van der Waals surface area contributed by atoms with Gasteiger partial charge in [0.2, 0.25) is 5.91 Å². The van der Waals surface area contributed by atoms with E-state index in [1.54, 1.807) is 4.90 Å². The zero-order chi connectivity index (χ0) is 11.3. The first-order valence-electron chi connectivity index (χ1n) is 5.65. The molecule has 15 heavy (non-hydrogen) atoms. The molecule has 0 aromatic carbocycles. The molecule has 1 amide bonds. The number of aliphatic hydroxyl groups is 1. The van der Waals surface area contributed by atoms with Crippen molar-refractivity contribution in [1.82, 2.24) is 4.90 Å². The fraction of sp³-hybridized carbons (Fsp3) is 0.909. The maximum atomic E-state index is 11.7. The summed E-state index contributed by atoms with van der Waals surface area (Å²) >= 11 is 0. The van der Waals surface area contributed by atoms with E-state index in [1.165, 1.54) is 0 Å². The summed E-state index contributed by atoms with van der Waals surface area (Å²) in [6, 6.07) is 0.228. The Kier molecular flexibility index (Phi) is 5.05. The van der Waals surface area contributed by atoms with E-state index in [4.69, 9.17) is 9.84 Å². The molecular formula is C11H21NO3. The third-order valence-corrected chi connectivity index (χ3v) is 3.03. The zero-order valence-corrected chi connectivity index (χ0v) is 9.61. The molecule has 4 nitrogen and oxygen atoms in total. The van der Waals surface area contributed by atoms with Crippen LogP contribution in [0.3, 0.4) is 0 Å². The Bertz CT molecular complexity index is 208. The molecule has 1 heterocycles. The van der Waals surface area contributed by atoms with Gasteiger partial charge in [-0.3, -0.25) is 4.79 Å². The summed E-state index contributed by atoms with van der Waals surface area (Å²) in [6.07, 6.45) is 3.08. The molecule has 1 fully saturated rings. The molecule has 0 radical (unpaired) electrons. The Morgan fingerprint density at radius 1 is 1.53 bits per heavy atom. The zero-order valence-electron chi connectivity index (χ0n) is 9.61. The lowest BCUT2D eigenvalue weighted by Crippen LogP contribution is -2.40. The van der Waals surface area contributed by atoms with Crippen LogP contribution in [0.4, 0.5) is 0 Å². The third kappa shape index (κ3) is 3.47. The van der Waals surface area contributed by atoms with Gasteiger partial charge in [-0.15, -0.1) is 0 Å². The lowest BCUT2D eigenvalue weighted by molar-refractivity contribution is -0.133. The lowest BCUT2D eigenvalue weighted by atomic mass is 10.1. The van der Waals surface area contributed by atoms with Crippen LogP contribution >= 0.6 is 0 Å². The van der Waals surface area contributed by atoms with Crippen LogP contribution in [0.25, 0.3) is 0 Å². The first-order chi connectivity index (χ1) is 7.16. The van der Waals surface area contributed by atoms with Crippen LogP contribution in [0.5, 0.6) is 0 Å². The molecule has 1 aliphatic heterocycles. The van der Waals surface area contributed by atoms with Crippen molar-refractivity contribution in [3.63, 3.8) is 0 Å². The molecule has 2 atom stereocenters. The van der Waals surface area contributed by atoms with Crippen LogP contribution in [0.1, 0.15) is 32.6 Å². The fourth-order valence-corrected chi connectivity index (χ4v) is 1.98. The van der Waals surface area contributed by atoms with E-state index in [1.807, 2.05) is 14.0 Å². The van der Waals surface area contributed by atoms with E-state index < -0.39 is 0 Å². The van der Waals surface area contributed by atoms with Gasteiger partial charge in [-0.25, -0.2) is 0 Å². The van der Waals surface area contributed by atoms with Gasteiger partial charge in [0, 0.05) is 26.7 Å². The van der Waals surface area contributed by atoms with Gasteiger partial charge in [0.25, 0.3) is 0 Å². The maximum absolute atomic E-state index is 11.7. The van der Waals surface area contributed by atoms with E-state index in [0.29, 0.717) is 12.8 Å². The number of unbranched alkanes of at least 4 members (excludes halogenated alkanes) is 1. The Balaban J connectivity index is 2.31. The summed E-state index contributed by atoms with van der Waals surface area (Å²) < 4.78 is 5.43. The first-order valence-corrected chi connectivity index (χ1v) is 5.65. The highest BCUT2D eigenvalue weighted by molar-refractivity contribution is 5.76. The van der Waals surface area contributed by atoms with Crippen molar-refractivity contribution in [1.29, 1.82) is 0 Å². The molecule has 0 aromatic heterocycles. The predicted molar refractivity (Wildman–Crippen MR) is 57.5 cm³/mol. The maximum Gasteiger partial charge on any atom is 0.222 e. The summed E-state index contributed by atoms with van der Waals surface area (Å²) in [5.74, 6) is 0.158. The van der Waals surface area contributed by atoms with E-state index >= 15 is 0 Å². The molecule has 0 aromatic rings. The van der Waals surface area contributed by atoms with E-state index in [2.05, 4.69) is 0 Å². The minimum atomic E-state index is 0.150. The van der Waals surface area contributed by atoms with Gasteiger partial charge in [0.1, 0.15) is 0 Å². The van der Waals surface area contributed by atoms with Crippen molar-refractivity contribution in [2.24, 2.45) is 0 Å². The van der Waals surface area contributed by atoms with E-state index in [9.17, 15) is 4.79 Å². The molecule has 1 aliphatic rings. The third-order valence-electron chi connectivity index (χ3n) is 3.03. The number of carbonyl (C=O) groups excluding carboxylic acids is 1. The molecule has 0 bridgehead atoms. The highest BCUT2D eigenvalue weighted by atomic mass is 16.5. The van der Waals surface area contributed by atoms with Crippen LogP contribution in [0, 0.1) is 0 Å². The van der Waals surface area contributed by atoms with Gasteiger partial charge in [0.05, 0.1) is 12.1 Å². The van der Waals surface area contributed by atoms with Crippen LogP contribution in [0.15, 0.2) is 0 Å². The molecule has 1 N–H and O–H groups in total. The standard InChI is InChI=1S/C11H21NO3/c1-9-10(6-8-15-9)12(2)11(14)5-3-4-7-13/h9-10,13H,3-8H2,1-2H3. The van der Waals surface area contributed by atoms with Crippen molar-refractivity contribution >= 4 is 5.91 Å². The number of hydrogen-bond acceptors (Lipinski definition) is 3. The van der Waals surface area contributed by atoms with E-state index in [-0.39, 0.29) is 24.7 Å². The minimum absolute atomic E-state index is 0.150. The van der Waals surface area contributed by atoms with Crippen molar-refractivity contribution in [3.05, 3.63) is 0 Å². The number of hydrogen-bond donors (Lipinski definition) is 1. The average Bonchev–Trinajstić information content (AvgIpc) is 2.63. The molecule has 88 valence electrons. The summed E-state index contributed by atoms with van der Waals surface area (Å²) in [4.78, 5) is 13.5. The number of aliphatic hydroxyl groups excluding tert-OH is 1. The van der Waals surface area contributed by atoms with Gasteiger partial charge in [-0.05, 0) is 26.2 Å². The molecule has 2 unspecified atom stereocenters. The summed E-state index contributed by atoms with van der Waals surface area (Å²) in [5.41, 5.74) is 0. The summed E-state index contributed by atoms with van der Waals surface area (Å²) in [5, 5.41) is 8.63. The molecule has 0 aliphatic carbocycles. The number of amides is 1. The Hall–Kier alpha value is -0.610. The van der Waals surface area contributed by atoms with E-state index in [0.717, 1.165) is 19.4 Å². The van der Waals surface area contributed by atoms with Gasteiger partial charge >= 0.3 is 0 Å². The smallest absolute Gasteiger partial charge is 0.222 e. The molecule has 4 heteroatoms. The lowest BCUT2D eigenvalue weighted by Gasteiger charge is -2.26. The quantitative estimate of drug-likeness (QED) is 0.690. The molecule has 1 saturated heterocycles. The number of nitrogens with zero attached hydrogens (tertiary/aromatic N) is 1. The number of carbonyl (C=O) groups is 1. The first kappa shape index (κ1) is 12.5. The number of likely N-dealkylation sites (N-methyl/N-ethyl adjacent to an activating group) is 1. The highest BCUT2D eigenvalue weighted by Crippen LogP contribution is 2.19. The van der Waals surface area contributed by atoms with Gasteiger partial charge in [0.15, 0.2) is 0 Å². The normalized spacial score (nSPS) is 25.5. The fourth-order valence-electron chi connectivity index (χ4n) is 1.98. The second-order valence-electron chi connectivity index (χ2n) is 4.12. The van der Waals surface area contributed by atoms with Crippen molar-refractivity contribution in [2.45, 2.75) is 44.8 Å². The van der Waals surface area contributed by atoms with Crippen LogP contribution in [0.2, 0.25) is 0 Å². The summed E-state index contributed by atoms with van der Waals surface area (Å²) in [6.45, 7) is 2.93.